The van der Waals surface area contributed by atoms with Crippen molar-refractivity contribution in [3.05, 3.63) is 52.6 Å². The molecule has 0 atom stereocenters. The molecule has 1 heterocycles. The molecule has 1 aromatic heterocycles. The summed E-state index contributed by atoms with van der Waals surface area (Å²) in [6.45, 7) is 3.10. The number of aryl methyl sites for hydroxylation is 1. The maximum atomic E-state index is 13.1. The Bertz CT molecular complexity index is 721. The van der Waals surface area contributed by atoms with Gasteiger partial charge in [-0.05, 0) is 31.5 Å². The first kappa shape index (κ1) is 15.8. The van der Waals surface area contributed by atoms with E-state index in [4.69, 9.17) is 4.74 Å². The van der Waals surface area contributed by atoms with E-state index < -0.39 is 11.8 Å². The minimum absolute atomic E-state index is 0.245. The van der Waals surface area contributed by atoms with E-state index in [-0.39, 0.29) is 23.8 Å². The fourth-order valence-electron chi connectivity index (χ4n) is 2.25. The van der Waals surface area contributed by atoms with Crippen LogP contribution in [0.4, 0.5) is 4.39 Å². The number of methoxy groups -OCH3 is 1. The van der Waals surface area contributed by atoms with Gasteiger partial charge in [0.2, 0.25) is 5.78 Å². The molecule has 0 bridgehead atoms. The van der Waals surface area contributed by atoms with Gasteiger partial charge in [0.1, 0.15) is 17.3 Å². The number of carbonyl (C=O) groups excluding carboxylic acids is 2. The molecule has 116 valence electrons. The van der Waals surface area contributed by atoms with Crippen molar-refractivity contribution in [3.63, 3.8) is 0 Å². The number of ether oxygens (including phenoxy) is 2. The number of aromatic nitrogens is 1. The van der Waals surface area contributed by atoms with Crippen molar-refractivity contribution in [2.75, 3.05) is 13.7 Å². The quantitative estimate of drug-likeness (QED) is 0.681. The van der Waals surface area contributed by atoms with E-state index >= 15 is 0 Å². The average molecular weight is 305 g/mol. The van der Waals surface area contributed by atoms with E-state index in [2.05, 4.69) is 9.72 Å². The summed E-state index contributed by atoms with van der Waals surface area (Å²) in [5.74, 6) is -1.00. The second-order valence-electron chi connectivity index (χ2n) is 4.79. The summed E-state index contributed by atoms with van der Waals surface area (Å²) >= 11 is 0. The zero-order chi connectivity index (χ0) is 16.3. The van der Waals surface area contributed by atoms with E-state index in [0.29, 0.717) is 16.8 Å². The number of hydrogen-bond acceptors (Lipinski definition) is 4. The van der Waals surface area contributed by atoms with Crippen molar-refractivity contribution in [1.82, 2.24) is 4.98 Å². The highest BCUT2D eigenvalue weighted by atomic mass is 19.1. The van der Waals surface area contributed by atoms with Gasteiger partial charge in [0.25, 0.3) is 0 Å². The van der Waals surface area contributed by atoms with Crippen LogP contribution >= 0.6 is 0 Å². The zero-order valence-electron chi connectivity index (χ0n) is 12.5. The number of Topliss-reactive ketones (excluding diaryl/α,β-unsaturated/α-hetero) is 1. The van der Waals surface area contributed by atoms with Crippen molar-refractivity contribution in [2.24, 2.45) is 0 Å². The minimum Gasteiger partial charge on any atom is -0.485 e. The Balaban J connectivity index is 2.16. The first-order valence-corrected chi connectivity index (χ1v) is 6.63. The Morgan fingerprint density at radius 1 is 1.27 bits per heavy atom. The Labute approximate surface area is 127 Å². The van der Waals surface area contributed by atoms with Crippen LogP contribution in [0.1, 0.15) is 32.1 Å². The zero-order valence-corrected chi connectivity index (χ0v) is 12.5. The number of aromatic amines is 1. The van der Waals surface area contributed by atoms with Crippen LogP contribution in [0.2, 0.25) is 0 Å². The predicted octanol–water partition coefficient (Wildman–Crippen LogP) is 2.82. The van der Waals surface area contributed by atoms with Crippen molar-refractivity contribution in [1.29, 1.82) is 0 Å². The van der Waals surface area contributed by atoms with E-state index in [1.54, 1.807) is 19.9 Å². The number of ketones is 1. The molecule has 0 aliphatic rings. The van der Waals surface area contributed by atoms with Crippen LogP contribution in [0.5, 0.6) is 5.75 Å². The number of nitrogens with one attached hydrogen (secondary N) is 1. The molecular formula is C16H16FNO4. The molecule has 22 heavy (non-hydrogen) atoms. The topological polar surface area (TPSA) is 68.4 Å². The highest BCUT2D eigenvalue weighted by Crippen LogP contribution is 2.20. The van der Waals surface area contributed by atoms with Gasteiger partial charge in [-0.15, -0.1) is 0 Å². The number of hydrogen-bond donors (Lipinski definition) is 1. The second-order valence-corrected chi connectivity index (χ2v) is 4.79. The fourth-order valence-corrected chi connectivity index (χ4v) is 2.25. The Morgan fingerprint density at radius 2 is 2.00 bits per heavy atom. The maximum Gasteiger partial charge on any atom is 0.354 e. The van der Waals surface area contributed by atoms with E-state index in [9.17, 15) is 14.0 Å². The van der Waals surface area contributed by atoms with Crippen molar-refractivity contribution in [2.45, 2.75) is 13.8 Å². The monoisotopic (exact) mass is 305 g/mol. The first-order chi connectivity index (χ1) is 10.4. The molecule has 0 aliphatic carbocycles. The maximum absolute atomic E-state index is 13.1. The van der Waals surface area contributed by atoms with Crippen LogP contribution in [-0.2, 0) is 4.74 Å². The summed E-state index contributed by atoms with van der Waals surface area (Å²) in [5.41, 5.74) is 1.70. The molecule has 0 aliphatic heterocycles. The molecule has 0 radical (unpaired) electrons. The lowest BCUT2D eigenvalue weighted by atomic mass is 10.1. The van der Waals surface area contributed by atoms with E-state index in [1.165, 1.54) is 25.3 Å². The molecule has 2 rings (SSSR count). The third-order valence-electron chi connectivity index (χ3n) is 3.27. The predicted molar refractivity (Wildman–Crippen MR) is 77.8 cm³/mol. The molecule has 0 fully saturated rings. The number of halogens is 1. The lowest BCUT2D eigenvalue weighted by Gasteiger charge is -2.06. The highest BCUT2D eigenvalue weighted by molar-refractivity contribution is 6.03. The van der Waals surface area contributed by atoms with Crippen LogP contribution in [0.25, 0.3) is 0 Å². The average Bonchev–Trinajstić information content (AvgIpc) is 2.79. The highest BCUT2D eigenvalue weighted by Gasteiger charge is 2.22. The van der Waals surface area contributed by atoms with Gasteiger partial charge in [-0.3, -0.25) is 4.79 Å². The van der Waals surface area contributed by atoms with Crippen LogP contribution in [0.3, 0.4) is 0 Å². The van der Waals surface area contributed by atoms with Crippen LogP contribution in [0, 0.1) is 19.7 Å². The third-order valence-corrected chi connectivity index (χ3v) is 3.27. The van der Waals surface area contributed by atoms with Gasteiger partial charge < -0.3 is 14.5 Å². The number of rotatable bonds is 5. The smallest absolute Gasteiger partial charge is 0.354 e. The molecule has 6 heteroatoms. The van der Waals surface area contributed by atoms with Gasteiger partial charge >= 0.3 is 5.97 Å². The Hall–Kier alpha value is -2.63. The van der Waals surface area contributed by atoms with Gasteiger partial charge in [-0.1, -0.05) is 6.07 Å². The van der Waals surface area contributed by atoms with Gasteiger partial charge in [0, 0.05) is 17.3 Å². The summed E-state index contributed by atoms with van der Waals surface area (Å²) in [4.78, 5) is 26.7. The van der Waals surface area contributed by atoms with Crippen molar-refractivity contribution < 1.29 is 23.5 Å². The number of carbonyl (C=O) groups is 2. The minimum atomic E-state index is -0.536. The SMILES string of the molecule is COC(=O)c1[nH]c(C)c(C(=O)COc2cccc(F)c2)c1C. The van der Waals surface area contributed by atoms with Crippen LogP contribution < -0.4 is 4.74 Å². The summed E-state index contributed by atoms with van der Waals surface area (Å²) in [6, 6.07) is 5.55. The molecule has 0 unspecified atom stereocenters. The lowest BCUT2D eigenvalue weighted by molar-refractivity contribution is 0.0594. The van der Waals surface area contributed by atoms with Crippen molar-refractivity contribution >= 4 is 11.8 Å². The molecular weight excluding hydrogens is 289 g/mol. The van der Waals surface area contributed by atoms with E-state index in [0.717, 1.165) is 0 Å². The summed E-state index contributed by atoms with van der Waals surface area (Å²) in [6.07, 6.45) is 0. The molecule has 0 saturated carbocycles. The molecule has 5 nitrogen and oxygen atoms in total. The van der Waals surface area contributed by atoms with Gasteiger partial charge in [0.05, 0.1) is 7.11 Å². The van der Waals surface area contributed by atoms with Crippen LogP contribution in [-0.4, -0.2) is 30.5 Å². The largest absolute Gasteiger partial charge is 0.485 e. The van der Waals surface area contributed by atoms with E-state index in [1.807, 2.05) is 0 Å². The summed E-state index contributed by atoms with van der Waals surface area (Å²) in [5, 5.41) is 0. The summed E-state index contributed by atoms with van der Waals surface area (Å²) < 4.78 is 23.0. The van der Waals surface area contributed by atoms with Gasteiger partial charge in [-0.2, -0.15) is 0 Å². The Morgan fingerprint density at radius 3 is 2.64 bits per heavy atom. The standard InChI is InChI=1S/C16H16FNO4/c1-9-14(10(2)18-15(9)16(20)21-3)13(19)8-22-12-6-4-5-11(17)7-12/h4-7,18H,8H2,1-3H3. The summed E-state index contributed by atoms with van der Waals surface area (Å²) in [7, 11) is 1.27. The third kappa shape index (κ3) is 3.16. The molecule has 1 N–H and O–H groups in total. The second kappa shape index (κ2) is 6.43. The molecule has 2 aromatic rings. The Kier molecular flexibility index (Phi) is 4.60. The number of H-pyrrole nitrogens is 1. The van der Waals surface area contributed by atoms with Crippen LogP contribution in [0.15, 0.2) is 24.3 Å². The molecule has 0 amide bonds. The normalized spacial score (nSPS) is 10.4. The number of benzene rings is 1. The molecule has 0 spiro atoms. The van der Waals surface area contributed by atoms with Crippen molar-refractivity contribution in [3.8, 4) is 5.75 Å². The molecule has 1 aromatic carbocycles. The fraction of sp³-hybridized carbons (Fsp3) is 0.250. The van der Waals surface area contributed by atoms with Gasteiger partial charge in [0.15, 0.2) is 6.61 Å². The first-order valence-electron chi connectivity index (χ1n) is 6.63. The molecule has 0 saturated heterocycles. The number of esters is 1. The lowest BCUT2D eigenvalue weighted by Crippen LogP contribution is -2.13. The van der Waals surface area contributed by atoms with Gasteiger partial charge in [-0.25, -0.2) is 9.18 Å².